The number of hydrogen-bond donors (Lipinski definition) is 0. The van der Waals surface area contributed by atoms with Gasteiger partial charge >= 0.3 is 0 Å². The maximum Gasteiger partial charge on any atom is 0.245 e. The molecule has 0 aliphatic heterocycles. The van der Waals surface area contributed by atoms with Crippen molar-refractivity contribution >= 4 is 56.2 Å². The van der Waals surface area contributed by atoms with Gasteiger partial charge in [0, 0.05) is 19.0 Å². The van der Waals surface area contributed by atoms with Gasteiger partial charge in [0.2, 0.25) is 10.0 Å². The number of thiophene rings is 1. The second-order valence-electron chi connectivity index (χ2n) is 4.41. The van der Waals surface area contributed by atoms with Crippen LogP contribution in [-0.2, 0) is 10.0 Å². The lowest BCUT2D eigenvalue weighted by Gasteiger charge is -2.33. The average Bonchev–Trinajstić information content (AvgIpc) is 2.56. The molecule has 18 heavy (non-hydrogen) atoms. The van der Waals surface area contributed by atoms with Crippen molar-refractivity contribution in [1.82, 2.24) is 4.31 Å². The summed E-state index contributed by atoms with van der Waals surface area (Å²) in [5.74, 6) is 0.333. The Bertz CT molecular complexity index is 537. The molecule has 1 saturated carbocycles. The Balaban J connectivity index is 2.13. The first kappa shape index (κ1) is 14.9. The molecular formula is C10H12Cl3NO2S2. The molecule has 3 nitrogen and oxygen atoms in total. The second kappa shape index (κ2) is 5.46. The molecule has 0 spiro atoms. The monoisotopic (exact) mass is 347 g/mol. The lowest BCUT2D eigenvalue weighted by Crippen LogP contribution is -2.37. The van der Waals surface area contributed by atoms with E-state index in [1.165, 1.54) is 10.4 Å². The minimum absolute atomic E-state index is 0.0865. The van der Waals surface area contributed by atoms with E-state index in [9.17, 15) is 8.42 Å². The van der Waals surface area contributed by atoms with Crippen LogP contribution in [0.2, 0.25) is 8.67 Å². The van der Waals surface area contributed by atoms with E-state index in [0.717, 1.165) is 24.2 Å². The van der Waals surface area contributed by atoms with Crippen molar-refractivity contribution in [2.75, 3.05) is 13.6 Å². The summed E-state index contributed by atoms with van der Waals surface area (Å²) in [4.78, 5) is 0.0865. The van der Waals surface area contributed by atoms with Crippen LogP contribution in [0.4, 0.5) is 0 Å². The van der Waals surface area contributed by atoms with E-state index >= 15 is 0 Å². The zero-order valence-corrected chi connectivity index (χ0v) is 13.5. The van der Waals surface area contributed by atoms with Gasteiger partial charge in [0.25, 0.3) is 0 Å². The summed E-state index contributed by atoms with van der Waals surface area (Å²) in [7, 11) is -2.00. The van der Waals surface area contributed by atoms with E-state index < -0.39 is 10.0 Å². The van der Waals surface area contributed by atoms with Gasteiger partial charge in [-0.3, -0.25) is 0 Å². The Hall–Kier alpha value is 0.480. The summed E-state index contributed by atoms with van der Waals surface area (Å²) in [5.41, 5.74) is 0. The molecule has 1 heterocycles. The maximum absolute atomic E-state index is 12.3. The minimum atomic E-state index is -3.55. The second-order valence-corrected chi connectivity index (χ2v) is 9.32. The lowest BCUT2D eigenvalue weighted by atomic mass is 9.85. The van der Waals surface area contributed by atoms with Gasteiger partial charge < -0.3 is 0 Å². The Morgan fingerprint density at radius 2 is 2.06 bits per heavy atom. The van der Waals surface area contributed by atoms with Crippen LogP contribution in [0, 0.1) is 5.92 Å². The molecule has 1 aliphatic rings. The van der Waals surface area contributed by atoms with E-state index in [2.05, 4.69) is 0 Å². The molecular weight excluding hydrogens is 337 g/mol. The van der Waals surface area contributed by atoms with Crippen LogP contribution in [0.3, 0.4) is 0 Å². The van der Waals surface area contributed by atoms with Crippen molar-refractivity contribution < 1.29 is 8.42 Å². The first-order chi connectivity index (χ1) is 8.30. The highest BCUT2D eigenvalue weighted by Gasteiger charge is 2.33. The molecule has 0 unspecified atom stereocenters. The molecule has 0 atom stereocenters. The highest BCUT2D eigenvalue weighted by atomic mass is 35.5. The molecule has 8 heteroatoms. The highest BCUT2D eigenvalue weighted by molar-refractivity contribution is 7.89. The highest BCUT2D eigenvalue weighted by Crippen LogP contribution is 2.37. The predicted octanol–water partition coefficient (Wildman–Crippen LogP) is 3.69. The van der Waals surface area contributed by atoms with Crippen LogP contribution >= 0.6 is 46.1 Å². The summed E-state index contributed by atoms with van der Waals surface area (Å²) in [6, 6.07) is 1.39. The fraction of sp³-hybridized carbons (Fsp3) is 0.600. The number of nitrogens with zero attached hydrogens (tertiary/aromatic N) is 1. The summed E-state index contributed by atoms with van der Waals surface area (Å²) < 4.78 is 26.5. The Morgan fingerprint density at radius 1 is 1.44 bits per heavy atom. The van der Waals surface area contributed by atoms with Gasteiger partial charge in [-0.2, -0.15) is 0 Å². The van der Waals surface area contributed by atoms with Crippen LogP contribution in [0.1, 0.15) is 12.8 Å². The number of rotatable bonds is 4. The van der Waals surface area contributed by atoms with Crippen LogP contribution in [0.25, 0.3) is 0 Å². The van der Waals surface area contributed by atoms with Crippen molar-refractivity contribution in [1.29, 1.82) is 0 Å². The number of sulfonamides is 1. The van der Waals surface area contributed by atoms with E-state index in [4.69, 9.17) is 34.8 Å². The zero-order chi connectivity index (χ0) is 13.5. The van der Waals surface area contributed by atoms with E-state index in [1.54, 1.807) is 7.05 Å². The Morgan fingerprint density at radius 3 is 2.50 bits per heavy atom. The molecule has 1 aromatic rings. The van der Waals surface area contributed by atoms with Crippen molar-refractivity contribution in [2.24, 2.45) is 5.92 Å². The van der Waals surface area contributed by atoms with Crippen molar-refractivity contribution in [3.05, 3.63) is 14.7 Å². The summed E-state index contributed by atoms with van der Waals surface area (Å²) in [6.45, 7) is 0.468. The number of halogens is 3. The minimum Gasteiger partial charge on any atom is -0.207 e. The van der Waals surface area contributed by atoms with Crippen LogP contribution in [0.5, 0.6) is 0 Å². The standard InChI is InChI=1S/C10H12Cl3NO2S2/c1-14(5-6-2-7(11)3-6)18(15,16)8-4-9(12)17-10(8)13/h4,6-7H,2-3,5H2,1H3. The van der Waals surface area contributed by atoms with Crippen LogP contribution < -0.4 is 0 Å². The SMILES string of the molecule is CN(CC1CC(Cl)C1)S(=O)(=O)c1cc(Cl)sc1Cl. The fourth-order valence-corrected chi connectivity index (χ4v) is 5.79. The van der Waals surface area contributed by atoms with Gasteiger partial charge in [-0.1, -0.05) is 23.2 Å². The lowest BCUT2D eigenvalue weighted by molar-refractivity contribution is 0.268. The van der Waals surface area contributed by atoms with E-state index in [0.29, 0.717) is 16.8 Å². The third-order valence-corrected chi connectivity index (χ3v) is 6.94. The van der Waals surface area contributed by atoms with Crippen molar-refractivity contribution in [3.8, 4) is 0 Å². The van der Waals surface area contributed by atoms with Gasteiger partial charge in [-0.15, -0.1) is 22.9 Å². The molecule has 0 N–H and O–H groups in total. The largest absolute Gasteiger partial charge is 0.245 e. The molecule has 1 fully saturated rings. The molecule has 0 aromatic carbocycles. The summed E-state index contributed by atoms with van der Waals surface area (Å²) >= 11 is 18.6. The predicted molar refractivity (Wildman–Crippen MR) is 76.5 cm³/mol. The number of alkyl halides is 1. The van der Waals surface area contributed by atoms with Crippen molar-refractivity contribution in [3.63, 3.8) is 0 Å². The third-order valence-electron chi connectivity index (χ3n) is 3.01. The first-order valence-electron chi connectivity index (χ1n) is 5.36. The topological polar surface area (TPSA) is 37.4 Å². The maximum atomic E-state index is 12.3. The molecule has 1 aromatic heterocycles. The Labute approximate surface area is 126 Å². The third kappa shape index (κ3) is 2.97. The van der Waals surface area contributed by atoms with Crippen LogP contribution in [-0.4, -0.2) is 31.7 Å². The van der Waals surface area contributed by atoms with Gasteiger partial charge in [-0.05, 0) is 24.8 Å². The summed E-state index contributed by atoms with van der Waals surface area (Å²) in [6.07, 6.45) is 1.72. The van der Waals surface area contributed by atoms with Gasteiger partial charge in [0.1, 0.15) is 9.23 Å². The van der Waals surface area contributed by atoms with Gasteiger partial charge in [-0.25, -0.2) is 12.7 Å². The molecule has 0 radical (unpaired) electrons. The smallest absolute Gasteiger partial charge is 0.207 e. The molecule has 1 aliphatic carbocycles. The van der Waals surface area contributed by atoms with Gasteiger partial charge in [0.15, 0.2) is 0 Å². The molecule has 2 rings (SSSR count). The fourth-order valence-electron chi connectivity index (χ4n) is 1.93. The summed E-state index contributed by atoms with van der Waals surface area (Å²) in [5, 5.41) is 0.185. The average molecular weight is 349 g/mol. The zero-order valence-electron chi connectivity index (χ0n) is 9.57. The molecule has 0 amide bonds. The van der Waals surface area contributed by atoms with Crippen LogP contribution in [0.15, 0.2) is 11.0 Å². The molecule has 102 valence electrons. The quantitative estimate of drug-likeness (QED) is 0.778. The van der Waals surface area contributed by atoms with E-state index in [-0.39, 0.29) is 14.6 Å². The molecule has 0 saturated heterocycles. The normalized spacial score (nSPS) is 24.3. The van der Waals surface area contributed by atoms with E-state index in [1.807, 2.05) is 0 Å². The first-order valence-corrected chi connectivity index (χ1v) is 8.81. The molecule has 0 bridgehead atoms. The Kier molecular flexibility index (Phi) is 4.52. The number of hydrogen-bond acceptors (Lipinski definition) is 3. The van der Waals surface area contributed by atoms with Crippen molar-refractivity contribution in [2.45, 2.75) is 23.1 Å². The van der Waals surface area contributed by atoms with Gasteiger partial charge in [0.05, 0.1) is 4.34 Å².